The van der Waals surface area contributed by atoms with Crippen molar-refractivity contribution in [3.63, 3.8) is 0 Å². The molecule has 0 unspecified atom stereocenters. The van der Waals surface area contributed by atoms with Gasteiger partial charge in [-0.3, -0.25) is 0 Å². The molecule has 24 heavy (non-hydrogen) atoms. The van der Waals surface area contributed by atoms with Crippen molar-refractivity contribution in [2.75, 3.05) is 12.4 Å². The second kappa shape index (κ2) is 9.57. The Balaban J connectivity index is 0.000000413. The van der Waals surface area contributed by atoms with Gasteiger partial charge in [-0.2, -0.15) is 0 Å². The zero-order chi connectivity index (χ0) is 18.1. The van der Waals surface area contributed by atoms with Crippen LogP contribution in [0.3, 0.4) is 0 Å². The quantitative estimate of drug-likeness (QED) is 0.685. The molecule has 0 saturated heterocycles. The smallest absolute Gasteiger partial charge is 0.414 e. The van der Waals surface area contributed by atoms with Gasteiger partial charge in [0.1, 0.15) is 5.75 Å². The molecule has 0 atom stereocenters. The zero-order valence-corrected chi connectivity index (χ0v) is 14.8. The summed E-state index contributed by atoms with van der Waals surface area (Å²) >= 11 is 3.50. The van der Waals surface area contributed by atoms with E-state index in [-0.39, 0.29) is 0 Å². The van der Waals surface area contributed by atoms with Crippen LogP contribution >= 0.6 is 15.9 Å². The predicted octanol–water partition coefficient (Wildman–Crippen LogP) is 3.53. The van der Waals surface area contributed by atoms with E-state index in [2.05, 4.69) is 58.5 Å². The van der Waals surface area contributed by atoms with Gasteiger partial charge in [0.2, 0.25) is 0 Å². The molecule has 0 heterocycles. The molecule has 0 amide bonds. The predicted molar refractivity (Wildman–Crippen MR) is 94.5 cm³/mol. The van der Waals surface area contributed by atoms with Crippen molar-refractivity contribution < 1.29 is 24.5 Å². The fraction of sp³-hybridized carbons (Fsp3) is 0.176. The number of ether oxygens (including phenoxy) is 1. The van der Waals surface area contributed by atoms with Crippen LogP contribution in [0.4, 0.5) is 5.69 Å². The average molecular weight is 396 g/mol. The summed E-state index contributed by atoms with van der Waals surface area (Å²) < 4.78 is 6.27. The highest BCUT2D eigenvalue weighted by atomic mass is 79.9. The van der Waals surface area contributed by atoms with Crippen molar-refractivity contribution in [3.05, 3.63) is 58.1 Å². The van der Waals surface area contributed by atoms with Crippen LogP contribution in [0.25, 0.3) is 0 Å². The highest BCUT2D eigenvalue weighted by molar-refractivity contribution is 9.10. The number of rotatable bonds is 4. The van der Waals surface area contributed by atoms with E-state index in [0.717, 1.165) is 22.5 Å². The van der Waals surface area contributed by atoms with Crippen molar-refractivity contribution in [3.8, 4) is 5.75 Å². The Morgan fingerprint density at radius 2 is 1.67 bits per heavy atom. The number of anilines is 1. The Bertz CT molecular complexity index is 689. The lowest BCUT2D eigenvalue weighted by atomic mass is 10.2. The Labute approximate surface area is 148 Å². The molecule has 7 heteroatoms. The van der Waals surface area contributed by atoms with E-state index < -0.39 is 11.9 Å². The fourth-order valence-corrected chi connectivity index (χ4v) is 1.95. The van der Waals surface area contributed by atoms with E-state index in [0.29, 0.717) is 0 Å². The van der Waals surface area contributed by atoms with E-state index in [9.17, 15) is 0 Å². The number of aliphatic carboxylic acids is 2. The second-order valence-electron chi connectivity index (χ2n) is 4.78. The monoisotopic (exact) mass is 395 g/mol. The van der Waals surface area contributed by atoms with Crippen molar-refractivity contribution >= 4 is 33.6 Å². The van der Waals surface area contributed by atoms with E-state index in [1.54, 1.807) is 7.11 Å². The number of nitrogens with one attached hydrogen (secondary N) is 1. The average Bonchev–Trinajstić information content (AvgIpc) is 2.57. The number of aryl methyl sites for hydroxylation is 1. The van der Waals surface area contributed by atoms with Crippen molar-refractivity contribution in [2.45, 2.75) is 13.5 Å². The first-order valence-corrected chi connectivity index (χ1v) is 7.72. The molecule has 3 N–H and O–H groups in total. The molecule has 0 spiro atoms. The van der Waals surface area contributed by atoms with E-state index >= 15 is 0 Å². The molecular formula is C17H18BrNO5. The lowest BCUT2D eigenvalue weighted by Gasteiger charge is -2.09. The molecular weight excluding hydrogens is 378 g/mol. The van der Waals surface area contributed by atoms with Gasteiger partial charge in [0, 0.05) is 16.7 Å². The molecule has 128 valence electrons. The van der Waals surface area contributed by atoms with Crippen LogP contribution < -0.4 is 10.1 Å². The first-order chi connectivity index (χ1) is 11.3. The molecule has 0 aliphatic rings. The Morgan fingerprint density at radius 1 is 1.08 bits per heavy atom. The summed E-state index contributed by atoms with van der Waals surface area (Å²) in [7, 11) is 1.68. The van der Waals surface area contributed by atoms with Crippen LogP contribution in [-0.2, 0) is 16.1 Å². The molecule has 0 bridgehead atoms. The third-order valence-electron chi connectivity index (χ3n) is 3.00. The van der Waals surface area contributed by atoms with Crippen LogP contribution in [0.5, 0.6) is 5.75 Å². The zero-order valence-electron chi connectivity index (χ0n) is 13.2. The number of carboxylic acid groups (broad SMARTS) is 2. The Hall–Kier alpha value is -2.54. The minimum Gasteiger partial charge on any atom is -0.497 e. The molecule has 6 nitrogen and oxygen atoms in total. The third kappa shape index (κ3) is 6.70. The number of carboxylic acids is 2. The van der Waals surface area contributed by atoms with Gasteiger partial charge in [-0.15, -0.1) is 0 Å². The van der Waals surface area contributed by atoms with Gasteiger partial charge in [0.25, 0.3) is 0 Å². The Kier molecular flexibility index (Phi) is 7.77. The highest BCUT2D eigenvalue weighted by Crippen LogP contribution is 2.20. The summed E-state index contributed by atoms with van der Waals surface area (Å²) in [5.74, 6) is -2.76. The first kappa shape index (κ1) is 19.5. The van der Waals surface area contributed by atoms with E-state index in [1.165, 1.54) is 11.1 Å². The first-order valence-electron chi connectivity index (χ1n) is 6.92. The van der Waals surface area contributed by atoms with Gasteiger partial charge in [0.05, 0.1) is 7.11 Å². The van der Waals surface area contributed by atoms with Gasteiger partial charge in [-0.25, -0.2) is 9.59 Å². The van der Waals surface area contributed by atoms with Gasteiger partial charge in [-0.05, 0) is 48.4 Å². The minimum absolute atomic E-state index is 0.811. The summed E-state index contributed by atoms with van der Waals surface area (Å²) in [4.78, 5) is 18.2. The highest BCUT2D eigenvalue weighted by Gasteiger charge is 2.04. The maximum atomic E-state index is 9.10. The summed E-state index contributed by atoms with van der Waals surface area (Å²) in [5.41, 5.74) is 3.60. The molecule has 0 aliphatic carbocycles. The second-order valence-corrected chi connectivity index (χ2v) is 5.63. The topological polar surface area (TPSA) is 95.9 Å². The lowest BCUT2D eigenvalue weighted by Crippen LogP contribution is -2.09. The summed E-state index contributed by atoms with van der Waals surface area (Å²) in [6, 6.07) is 14.3. The molecule has 2 rings (SSSR count). The van der Waals surface area contributed by atoms with Gasteiger partial charge < -0.3 is 20.3 Å². The number of hydrogen-bond donors (Lipinski definition) is 3. The molecule has 0 fully saturated rings. The Morgan fingerprint density at radius 3 is 2.12 bits per heavy atom. The molecule has 0 radical (unpaired) electrons. The summed E-state index contributed by atoms with van der Waals surface area (Å²) in [6.07, 6.45) is 0. The van der Waals surface area contributed by atoms with Crippen LogP contribution in [0, 0.1) is 6.92 Å². The maximum Gasteiger partial charge on any atom is 0.414 e. The number of carbonyl (C=O) groups is 2. The largest absolute Gasteiger partial charge is 0.497 e. The number of methoxy groups -OCH3 is 1. The van der Waals surface area contributed by atoms with Crippen LogP contribution in [0.1, 0.15) is 11.1 Å². The molecule has 0 aromatic heterocycles. The molecule has 2 aromatic carbocycles. The standard InChI is InChI=1S/C15H16BrNO.C2H2O4/c1-11-9-13(5-8-15(11)16)17-10-12-3-6-14(18-2)7-4-12;3-1(4)2(5)6/h3-9,17H,10H2,1-2H3;(H,3,4)(H,5,6). The van der Waals surface area contributed by atoms with Crippen molar-refractivity contribution in [1.29, 1.82) is 0 Å². The molecule has 0 aliphatic heterocycles. The number of benzene rings is 2. The molecule has 0 saturated carbocycles. The van der Waals surface area contributed by atoms with Crippen LogP contribution in [0.2, 0.25) is 0 Å². The summed E-state index contributed by atoms with van der Waals surface area (Å²) in [5, 5.41) is 18.2. The van der Waals surface area contributed by atoms with Crippen molar-refractivity contribution in [1.82, 2.24) is 0 Å². The van der Waals surface area contributed by atoms with Gasteiger partial charge >= 0.3 is 11.9 Å². The third-order valence-corrected chi connectivity index (χ3v) is 3.89. The normalized spacial score (nSPS) is 9.46. The van der Waals surface area contributed by atoms with E-state index in [4.69, 9.17) is 24.5 Å². The van der Waals surface area contributed by atoms with Crippen LogP contribution in [-0.4, -0.2) is 29.3 Å². The van der Waals surface area contributed by atoms with Gasteiger partial charge in [0.15, 0.2) is 0 Å². The molecule has 2 aromatic rings. The van der Waals surface area contributed by atoms with Crippen molar-refractivity contribution in [2.24, 2.45) is 0 Å². The fourth-order valence-electron chi connectivity index (χ4n) is 1.70. The lowest BCUT2D eigenvalue weighted by molar-refractivity contribution is -0.159. The SMILES string of the molecule is COc1ccc(CNc2ccc(Br)c(C)c2)cc1.O=C(O)C(=O)O. The van der Waals surface area contributed by atoms with Gasteiger partial charge in [-0.1, -0.05) is 28.1 Å². The van der Waals surface area contributed by atoms with E-state index in [1.807, 2.05) is 12.1 Å². The van der Waals surface area contributed by atoms with Crippen LogP contribution in [0.15, 0.2) is 46.9 Å². The number of halogens is 1. The maximum absolute atomic E-state index is 9.10. The number of hydrogen-bond acceptors (Lipinski definition) is 4. The minimum atomic E-state index is -1.82. The summed E-state index contributed by atoms with van der Waals surface area (Å²) in [6.45, 7) is 2.90.